The zero-order valence-corrected chi connectivity index (χ0v) is 17.8. The molecule has 1 amide bonds. The van der Waals surface area contributed by atoms with Crippen LogP contribution >= 0.6 is 0 Å². The van der Waals surface area contributed by atoms with Crippen LogP contribution in [-0.2, 0) is 11.3 Å². The zero-order valence-electron chi connectivity index (χ0n) is 17.8. The van der Waals surface area contributed by atoms with E-state index in [0.717, 1.165) is 28.1 Å². The summed E-state index contributed by atoms with van der Waals surface area (Å²) in [5.74, 6) is 0.551. The number of hydrogen-bond donors (Lipinski definition) is 1. The van der Waals surface area contributed by atoms with Crippen LogP contribution < -0.4 is 10.1 Å². The predicted octanol–water partition coefficient (Wildman–Crippen LogP) is 5.04. The average Bonchev–Trinajstić information content (AvgIpc) is 3.23. The molecule has 4 aromatic rings. The average molecular weight is 425 g/mol. The normalized spacial score (nSPS) is 10.9. The minimum absolute atomic E-state index is 0.220. The number of rotatable bonds is 8. The number of amides is 1. The second-order valence-electron chi connectivity index (χ2n) is 7.14. The molecule has 4 rings (SSSR count). The molecule has 0 aliphatic heterocycles. The smallest absolute Gasteiger partial charge is 0.248 e. The Bertz CT molecular complexity index is 1180. The molecule has 0 saturated heterocycles. The van der Waals surface area contributed by atoms with Crippen LogP contribution in [0.15, 0.2) is 91.4 Å². The number of carbonyl (C=O) groups excluding carboxylic acids is 1. The molecule has 0 bridgehead atoms. The van der Waals surface area contributed by atoms with E-state index in [4.69, 9.17) is 9.84 Å². The van der Waals surface area contributed by atoms with Gasteiger partial charge in [0.15, 0.2) is 0 Å². The van der Waals surface area contributed by atoms with Crippen LogP contribution in [0.25, 0.3) is 17.3 Å². The summed E-state index contributed by atoms with van der Waals surface area (Å²) in [6.45, 7) is 3.17. The molecule has 1 N–H and O–H groups in total. The number of nitrogens with zero attached hydrogens (tertiary/aromatic N) is 3. The first kappa shape index (κ1) is 21.1. The van der Waals surface area contributed by atoms with Crippen molar-refractivity contribution in [1.82, 2.24) is 14.8 Å². The third-order valence-electron chi connectivity index (χ3n) is 4.76. The van der Waals surface area contributed by atoms with E-state index < -0.39 is 0 Å². The molecule has 160 valence electrons. The number of pyridine rings is 1. The maximum atomic E-state index is 12.5. The highest BCUT2D eigenvalue weighted by Gasteiger charge is 2.10. The Morgan fingerprint density at radius 3 is 2.59 bits per heavy atom. The zero-order chi connectivity index (χ0) is 22.2. The van der Waals surface area contributed by atoms with Gasteiger partial charge in [0, 0.05) is 41.5 Å². The first-order valence-electron chi connectivity index (χ1n) is 10.4. The molecule has 0 atom stereocenters. The quantitative estimate of drug-likeness (QED) is 0.402. The number of benzene rings is 2. The minimum Gasteiger partial charge on any atom is -0.494 e. The van der Waals surface area contributed by atoms with Gasteiger partial charge in [0.2, 0.25) is 5.91 Å². The Kier molecular flexibility index (Phi) is 6.72. The van der Waals surface area contributed by atoms with Crippen LogP contribution in [0.2, 0.25) is 0 Å². The van der Waals surface area contributed by atoms with Crippen LogP contribution in [-0.4, -0.2) is 27.3 Å². The fourth-order valence-electron chi connectivity index (χ4n) is 3.29. The monoisotopic (exact) mass is 424 g/mol. The lowest BCUT2D eigenvalue weighted by atomic mass is 10.1. The van der Waals surface area contributed by atoms with Gasteiger partial charge in [-0.15, -0.1) is 0 Å². The number of ether oxygens (including phenoxy) is 1. The van der Waals surface area contributed by atoms with Gasteiger partial charge in [-0.3, -0.25) is 14.5 Å². The van der Waals surface area contributed by atoms with E-state index in [9.17, 15) is 4.79 Å². The summed E-state index contributed by atoms with van der Waals surface area (Å²) in [7, 11) is 0. The van der Waals surface area contributed by atoms with Gasteiger partial charge in [-0.1, -0.05) is 30.3 Å². The fourth-order valence-corrected chi connectivity index (χ4v) is 3.29. The molecule has 0 unspecified atom stereocenters. The number of carbonyl (C=O) groups is 1. The Hall–Kier alpha value is -4.19. The van der Waals surface area contributed by atoms with E-state index in [-0.39, 0.29) is 5.91 Å². The number of anilines is 1. The summed E-state index contributed by atoms with van der Waals surface area (Å²) in [5.41, 5.74) is 4.37. The highest BCUT2D eigenvalue weighted by molar-refractivity contribution is 6.02. The van der Waals surface area contributed by atoms with Gasteiger partial charge in [0.25, 0.3) is 0 Å². The van der Waals surface area contributed by atoms with Crippen LogP contribution in [0.4, 0.5) is 5.69 Å². The summed E-state index contributed by atoms with van der Waals surface area (Å²) in [6, 6.07) is 21.2. The fraction of sp³-hybridized carbons (Fsp3) is 0.115. The maximum Gasteiger partial charge on any atom is 0.248 e. The molecule has 2 aromatic carbocycles. The molecular weight excluding hydrogens is 400 g/mol. The number of aromatic nitrogens is 3. The molecule has 0 saturated carbocycles. The van der Waals surface area contributed by atoms with E-state index in [0.29, 0.717) is 18.8 Å². The van der Waals surface area contributed by atoms with Crippen molar-refractivity contribution in [3.63, 3.8) is 0 Å². The second kappa shape index (κ2) is 10.2. The Morgan fingerprint density at radius 2 is 1.88 bits per heavy atom. The lowest BCUT2D eigenvalue weighted by Gasteiger charge is -2.05. The van der Waals surface area contributed by atoms with E-state index in [1.165, 1.54) is 6.08 Å². The summed E-state index contributed by atoms with van der Waals surface area (Å²) < 4.78 is 7.31. The second-order valence-corrected chi connectivity index (χ2v) is 7.14. The Balaban J connectivity index is 1.53. The van der Waals surface area contributed by atoms with Crippen LogP contribution in [0, 0.1) is 0 Å². The van der Waals surface area contributed by atoms with Gasteiger partial charge in [0.1, 0.15) is 11.4 Å². The lowest BCUT2D eigenvalue weighted by Crippen LogP contribution is -2.07. The molecular formula is C26H24N4O2. The van der Waals surface area contributed by atoms with Crippen molar-refractivity contribution in [2.24, 2.45) is 0 Å². The van der Waals surface area contributed by atoms with Gasteiger partial charge in [-0.25, -0.2) is 0 Å². The van der Waals surface area contributed by atoms with Crippen molar-refractivity contribution in [1.29, 1.82) is 0 Å². The summed E-state index contributed by atoms with van der Waals surface area (Å²) in [6.07, 6.45) is 8.73. The number of nitrogens with one attached hydrogen (secondary N) is 1. The maximum absolute atomic E-state index is 12.5. The molecule has 0 fully saturated rings. The topological polar surface area (TPSA) is 69.0 Å². The SMILES string of the molecule is CCOc1ccc(NC(=O)/C=C/c2cn(Cc3ccccc3)nc2-c2cccnc2)cc1. The summed E-state index contributed by atoms with van der Waals surface area (Å²) in [4.78, 5) is 16.7. The highest BCUT2D eigenvalue weighted by Crippen LogP contribution is 2.23. The molecule has 6 heteroatoms. The standard InChI is InChI=1S/C26H24N4O2/c1-2-32-24-13-11-23(12-14-24)28-25(31)15-10-22-19-30(18-20-7-4-3-5-8-20)29-26(22)21-9-6-16-27-17-21/h3-17,19H,2,18H2,1H3,(H,28,31)/b15-10+. The lowest BCUT2D eigenvalue weighted by molar-refractivity contribution is -0.111. The first-order valence-corrected chi connectivity index (χ1v) is 10.4. The van der Waals surface area contributed by atoms with Crippen molar-refractivity contribution in [2.45, 2.75) is 13.5 Å². The van der Waals surface area contributed by atoms with Gasteiger partial charge in [-0.2, -0.15) is 5.10 Å². The van der Waals surface area contributed by atoms with E-state index in [1.807, 2.05) is 72.4 Å². The Morgan fingerprint density at radius 1 is 1.06 bits per heavy atom. The van der Waals surface area contributed by atoms with Crippen molar-refractivity contribution < 1.29 is 9.53 Å². The van der Waals surface area contributed by atoms with E-state index in [2.05, 4.69) is 22.4 Å². The molecule has 32 heavy (non-hydrogen) atoms. The highest BCUT2D eigenvalue weighted by atomic mass is 16.5. The first-order chi connectivity index (χ1) is 15.7. The van der Waals surface area contributed by atoms with Crippen molar-refractivity contribution in [3.05, 3.63) is 103 Å². The summed E-state index contributed by atoms with van der Waals surface area (Å²) >= 11 is 0. The molecule has 6 nitrogen and oxygen atoms in total. The molecule has 2 aromatic heterocycles. The van der Waals surface area contributed by atoms with Gasteiger partial charge < -0.3 is 10.1 Å². The van der Waals surface area contributed by atoms with Gasteiger partial charge in [0.05, 0.1) is 13.2 Å². The van der Waals surface area contributed by atoms with Crippen molar-refractivity contribution in [2.75, 3.05) is 11.9 Å². The number of hydrogen-bond acceptors (Lipinski definition) is 4. The van der Waals surface area contributed by atoms with Gasteiger partial charge >= 0.3 is 0 Å². The predicted molar refractivity (Wildman–Crippen MR) is 126 cm³/mol. The van der Waals surface area contributed by atoms with Crippen LogP contribution in [0.1, 0.15) is 18.1 Å². The van der Waals surface area contributed by atoms with Crippen LogP contribution in [0.3, 0.4) is 0 Å². The van der Waals surface area contributed by atoms with Crippen molar-refractivity contribution >= 4 is 17.7 Å². The molecule has 0 aliphatic carbocycles. The largest absolute Gasteiger partial charge is 0.494 e. The molecule has 0 spiro atoms. The minimum atomic E-state index is -0.220. The molecule has 0 aliphatic rings. The van der Waals surface area contributed by atoms with E-state index >= 15 is 0 Å². The molecule has 2 heterocycles. The molecule has 0 radical (unpaired) electrons. The Labute approximate surface area is 187 Å². The van der Waals surface area contributed by atoms with Gasteiger partial charge in [-0.05, 0) is 55.0 Å². The third-order valence-corrected chi connectivity index (χ3v) is 4.76. The van der Waals surface area contributed by atoms with Crippen molar-refractivity contribution in [3.8, 4) is 17.0 Å². The van der Waals surface area contributed by atoms with Crippen LogP contribution in [0.5, 0.6) is 5.75 Å². The summed E-state index contributed by atoms with van der Waals surface area (Å²) in [5, 5.41) is 7.61. The van der Waals surface area contributed by atoms with E-state index in [1.54, 1.807) is 18.5 Å². The third kappa shape index (κ3) is 5.49.